The van der Waals surface area contributed by atoms with Gasteiger partial charge in [-0.3, -0.25) is 4.79 Å². The second-order valence-electron chi connectivity index (χ2n) is 3.46. The molecule has 1 fully saturated rings. The van der Waals surface area contributed by atoms with E-state index in [2.05, 4.69) is 14.5 Å². The Morgan fingerprint density at radius 2 is 2.00 bits per heavy atom. The Morgan fingerprint density at radius 1 is 1.42 bits per heavy atom. The first kappa shape index (κ1) is 9.94. The largest absolute Gasteiger partial charge is 0.481 e. The molecule has 0 radical (unpaired) electrons. The average molecular weight is 189 g/mol. The highest BCUT2D eigenvalue weighted by atomic mass is 31.0. The molecular formula is C8H16NO2P. The Labute approximate surface area is 75.2 Å². The second-order valence-corrected chi connectivity index (χ2v) is 3.87. The molecule has 1 saturated carbocycles. The summed E-state index contributed by atoms with van der Waals surface area (Å²) < 4.78 is 0. The van der Waals surface area contributed by atoms with Crippen molar-refractivity contribution >= 4 is 15.4 Å². The van der Waals surface area contributed by atoms with Crippen LogP contribution in [-0.4, -0.2) is 17.6 Å². The third-order valence-corrected chi connectivity index (χ3v) is 2.84. The second kappa shape index (κ2) is 4.78. The molecule has 2 N–H and O–H groups in total. The highest BCUT2D eigenvalue weighted by Crippen LogP contribution is 2.28. The van der Waals surface area contributed by atoms with E-state index in [4.69, 9.17) is 5.11 Å². The lowest BCUT2D eigenvalue weighted by Crippen LogP contribution is -2.25. The first-order valence-electron chi connectivity index (χ1n) is 4.40. The number of carboxylic acid groups (broad SMARTS) is 1. The van der Waals surface area contributed by atoms with Gasteiger partial charge in [-0.05, 0) is 31.6 Å². The molecule has 0 aromatic carbocycles. The quantitative estimate of drug-likeness (QED) is 0.657. The predicted molar refractivity (Wildman–Crippen MR) is 50.8 cm³/mol. The third-order valence-electron chi connectivity index (χ3n) is 2.60. The van der Waals surface area contributed by atoms with Gasteiger partial charge in [0, 0.05) is 6.54 Å². The summed E-state index contributed by atoms with van der Waals surface area (Å²) in [6, 6.07) is 0. The molecule has 0 saturated heterocycles. The Kier molecular flexibility index (Phi) is 3.96. The molecule has 1 aliphatic rings. The van der Waals surface area contributed by atoms with E-state index in [-0.39, 0.29) is 5.92 Å². The van der Waals surface area contributed by atoms with Crippen LogP contribution in [-0.2, 0) is 4.79 Å². The van der Waals surface area contributed by atoms with Gasteiger partial charge in [0.25, 0.3) is 0 Å². The number of hydrogen-bond donors (Lipinski definition) is 2. The molecule has 4 heteroatoms. The summed E-state index contributed by atoms with van der Waals surface area (Å²) in [5.41, 5.74) is 0. The molecule has 12 heavy (non-hydrogen) atoms. The first-order valence-corrected chi connectivity index (χ1v) is 4.98. The highest BCUT2D eigenvalue weighted by molar-refractivity contribution is 7.13. The van der Waals surface area contributed by atoms with Crippen molar-refractivity contribution in [1.82, 2.24) is 5.09 Å². The zero-order valence-electron chi connectivity index (χ0n) is 7.12. The first-order chi connectivity index (χ1) is 5.74. The van der Waals surface area contributed by atoms with Gasteiger partial charge >= 0.3 is 5.97 Å². The molecule has 0 heterocycles. The van der Waals surface area contributed by atoms with Gasteiger partial charge in [-0.15, -0.1) is 0 Å². The minimum Gasteiger partial charge on any atom is -0.481 e. The van der Waals surface area contributed by atoms with Gasteiger partial charge in [-0.2, -0.15) is 0 Å². The van der Waals surface area contributed by atoms with Gasteiger partial charge in [-0.1, -0.05) is 9.39 Å². The summed E-state index contributed by atoms with van der Waals surface area (Å²) in [6.07, 6.45) is 3.81. The molecule has 0 aliphatic heterocycles. The van der Waals surface area contributed by atoms with E-state index in [1.807, 2.05) is 0 Å². The fourth-order valence-corrected chi connectivity index (χ4v) is 2.11. The lowest BCUT2D eigenvalue weighted by molar-refractivity contribution is -0.143. The van der Waals surface area contributed by atoms with Gasteiger partial charge in [0.05, 0.1) is 5.92 Å². The lowest BCUT2D eigenvalue weighted by atomic mass is 9.82. The van der Waals surface area contributed by atoms with Crippen LogP contribution in [0.1, 0.15) is 25.7 Å². The summed E-state index contributed by atoms with van der Waals surface area (Å²) >= 11 is 0. The van der Waals surface area contributed by atoms with E-state index in [1.54, 1.807) is 0 Å². The van der Waals surface area contributed by atoms with Crippen LogP contribution in [0.15, 0.2) is 0 Å². The van der Waals surface area contributed by atoms with Crippen molar-refractivity contribution in [2.45, 2.75) is 25.7 Å². The van der Waals surface area contributed by atoms with Crippen LogP contribution in [0.2, 0.25) is 0 Å². The summed E-state index contributed by atoms with van der Waals surface area (Å²) in [7, 11) is 2.49. The van der Waals surface area contributed by atoms with Gasteiger partial charge < -0.3 is 10.2 Å². The Balaban J connectivity index is 2.25. The van der Waals surface area contributed by atoms with Crippen LogP contribution in [0.3, 0.4) is 0 Å². The van der Waals surface area contributed by atoms with Crippen molar-refractivity contribution in [2.24, 2.45) is 11.8 Å². The highest BCUT2D eigenvalue weighted by Gasteiger charge is 2.25. The van der Waals surface area contributed by atoms with Crippen molar-refractivity contribution in [3.63, 3.8) is 0 Å². The minimum atomic E-state index is -0.618. The number of nitrogens with one attached hydrogen (secondary N) is 1. The summed E-state index contributed by atoms with van der Waals surface area (Å²) in [6.45, 7) is 0.997. The van der Waals surface area contributed by atoms with Crippen LogP contribution in [0.4, 0.5) is 0 Å². The van der Waals surface area contributed by atoms with E-state index in [0.717, 1.165) is 32.2 Å². The minimum absolute atomic E-state index is 0.0780. The molecule has 0 aromatic rings. The zero-order valence-corrected chi connectivity index (χ0v) is 8.28. The number of hydrogen-bond acceptors (Lipinski definition) is 2. The third kappa shape index (κ3) is 2.72. The number of aliphatic carboxylic acids is 1. The predicted octanol–water partition coefficient (Wildman–Crippen LogP) is 1.26. The number of rotatable bonds is 3. The molecule has 1 aliphatic carbocycles. The molecule has 1 rings (SSSR count). The maximum Gasteiger partial charge on any atom is 0.306 e. The van der Waals surface area contributed by atoms with Crippen LogP contribution < -0.4 is 5.09 Å². The van der Waals surface area contributed by atoms with Crippen molar-refractivity contribution in [3.05, 3.63) is 0 Å². The van der Waals surface area contributed by atoms with E-state index in [0.29, 0.717) is 5.92 Å². The topological polar surface area (TPSA) is 49.3 Å². The van der Waals surface area contributed by atoms with E-state index in [1.165, 1.54) is 0 Å². The van der Waals surface area contributed by atoms with Crippen molar-refractivity contribution in [1.29, 1.82) is 0 Å². The normalized spacial score (nSPS) is 30.1. The molecule has 0 amide bonds. The van der Waals surface area contributed by atoms with Crippen LogP contribution in [0.5, 0.6) is 0 Å². The maximum atomic E-state index is 10.6. The molecule has 0 spiro atoms. The smallest absolute Gasteiger partial charge is 0.306 e. The lowest BCUT2D eigenvalue weighted by Gasteiger charge is -2.25. The monoisotopic (exact) mass is 189 g/mol. The Hall–Kier alpha value is -0.140. The standard InChI is InChI=1S/C8H16NO2P/c10-8(11)7-3-1-6(2-4-7)5-9-12/h6-7,9H,1-5,12H2,(H,10,11). The Morgan fingerprint density at radius 3 is 2.42 bits per heavy atom. The van der Waals surface area contributed by atoms with Crippen LogP contribution in [0, 0.1) is 11.8 Å². The summed E-state index contributed by atoms with van der Waals surface area (Å²) in [5, 5.41) is 11.8. The van der Waals surface area contributed by atoms with Crippen molar-refractivity contribution in [3.8, 4) is 0 Å². The molecular weight excluding hydrogens is 173 g/mol. The number of carbonyl (C=O) groups is 1. The number of carboxylic acids is 1. The van der Waals surface area contributed by atoms with Gasteiger partial charge in [-0.25, -0.2) is 0 Å². The maximum absolute atomic E-state index is 10.6. The fourth-order valence-electron chi connectivity index (χ4n) is 1.78. The van der Waals surface area contributed by atoms with Crippen molar-refractivity contribution < 1.29 is 9.90 Å². The van der Waals surface area contributed by atoms with Gasteiger partial charge in [0.15, 0.2) is 0 Å². The SMILES string of the molecule is O=C(O)C1CCC(CNP)CC1. The summed E-state index contributed by atoms with van der Waals surface area (Å²) in [5.74, 6) is -0.0175. The van der Waals surface area contributed by atoms with Gasteiger partial charge in [0.2, 0.25) is 0 Å². The van der Waals surface area contributed by atoms with E-state index >= 15 is 0 Å². The molecule has 1 unspecified atom stereocenters. The molecule has 70 valence electrons. The van der Waals surface area contributed by atoms with Crippen LogP contribution >= 0.6 is 9.39 Å². The molecule has 0 bridgehead atoms. The molecule has 3 nitrogen and oxygen atoms in total. The van der Waals surface area contributed by atoms with E-state index < -0.39 is 5.97 Å². The fraction of sp³-hybridized carbons (Fsp3) is 0.875. The molecule has 1 atom stereocenters. The van der Waals surface area contributed by atoms with Crippen molar-refractivity contribution in [2.75, 3.05) is 6.54 Å². The average Bonchev–Trinajstić information content (AvgIpc) is 2.06. The van der Waals surface area contributed by atoms with E-state index in [9.17, 15) is 4.79 Å². The Bertz CT molecular complexity index is 155. The molecule has 0 aromatic heterocycles. The summed E-state index contributed by atoms with van der Waals surface area (Å²) in [4.78, 5) is 10.6. The van der Waals surface area contributed by atoms with Crippen LogP contribution in [0.25, 0.3) is 0 Å². The van der Waals surface area contributed by atoms with Gasteiger partial charge in [0.1, 0.15) is 0 Å². The zero-order chi connectivity index (χ0) is 8.97.